The molecule has 0 fully saturated rings. The van der Waals surface area contributed by atoms with Gasteiger partial charge in [0.1, 0.15) is 0 Å². The standard InChI is InChI=1S/C21H29N/c1-8-15-11-16(13-18(12-15)21(5,6)7)19-14-17(9-10-22-19)20(2,3)4/h9-14H,8H2,1-7H3. The summed E-state index contributed by atoms with van der Waals surface area (Å²) in [7, 11) is 0. The first kappa shape index (κ1) is 16.7. The number of nitrogens with zero attached hydrogens (tertiary/aromatic N) is 1. The van der Waals surface area contributed by atoms with Crippen LogP contribution in [0.4, 0.5) is 0 Å². The van der Waals surface area contributed by atoms with Crippen LogP contribution in [0.15, 0.2) is 36.5 Å². The molecular weight excluding hydrogens is 266 g/mol. The molecule has 0 aliphatic carbocycles. The Bertz CT molecular complexity index is 654. The zero-order valence-electron chi connectivity index (χ0n) is 15.1. The molecule has 1 heterocycles. The van der Waals surface area contributed by atoms with Gasteiger partial charge in [-0.1, -0.05) is 54.5 Å². The Kier molecular flexibility index (Phi) is 4.47. The van der Waals surface area contributed by atoms with Crippen LogP contribution in [0.3, 0.4) is 0 Å². The molecule has 22 heavy (non-hydrogen) atoms. The molecular formula is C21H29N. The first-order valence-corrected chi connectivity index (χ1v) is 8.22. The SMILES string of the molecule is CCc1cc(-c2cc(C(C)(C)C)ccn2)cc(C(C)(C)C)c1. The van der Waals surface area contributed by atoms with Crippen molar-refractivity contribution in [2.45, 2.75) is 65.7 Å². The number of hydrogen-bond acceptors (Lipinski definition) is 1. The van der Waals surface area contributed by atoms with E-state index in [1.54, 1.807) is 0 Å². The van der Waals surface area contributed by atoms with E-state index >= 15 is 0 Å². The minimum atomic E-state index is 0.146. The minimum absolute atomic E-state index is 0.146. The first-order valence-electron chi connectivity index (χ1n) is 8.22. The number of hydrogen-bond donors (Lipinski definition) is 0. The normalized spacial score (nSPS) is 12.5. The van der Waals surface area contributed by atoms with Crippen LogP contribution in [0.2, 0.25) is 0 Å². The Morgan fingerprint density at radius 2 is 1.45 bits per heavy atom. The predicted octanol–water partition coefficient (Wildman–Crippen LogP) is 5.91. The molecule has 1 nitrogen and oxygen atoms in total. The number of benzene rings is 1. The van der Waals surface area contributed by atoms with Gasteiger partial charge in [-0.15, -0.1) is 0 Å². The molecule has 0 N–H and O–H groups in total. The molecule has 0 aliphatic heterocycles. The predicted molar refractivity (Wildman–Crippen MR) is 96.5 cm³/mol. The lowest BCUT2D eigenvalue weighted by Crippen LogP contribution is -2.12. The van der Waals surface area contributed by atoms with Gasteiger partial charge in [0.2, 0.25) is 0 Å². The maximum absolute atomic E-state index is 4.62. The second-order valence-corrected chi connectivity index (χ2v) is 8.20. The highest BCUT2D eigenvalue weighted by molar-refractivity contribution is 5.63. The summed E-state index contributed by atoms with van der Waals surface area (Å²) in [6.45, 7) is 15.8. The molecule has 1 aromatic heterocycles. The van der Waals surface area contributed by atoms with Gasteiger partial charge in [-0.3, -0.25) is 4.98 Å². The van der Waals surface area contributed by atoms with Crippen LogP contribution < -0.4 is 0 Å². The topological polar surface area (TPSA) is 12.9 Å². The molecule has 0 amide bonds. The third-order valence-electron chi connectivity index (χ3n) is 4.19. The lowest BCUT2D eigenvalue weighted by Gasteiger charge is -2.22. The van der Waals surface area contributed by atoms with Gasteiger partial charge >= 0.3 is 0 Å². The van der Waals surface area contributed by atoms with E-state index < -0.39 is 0 Å². The van der Waals surface area contributed by atoms with Crippen molar-refractivity contribution in [3.8, 4) is 11.3 Å². The number of aryl methyl sites for hydroxylation is 1. The highest BCUT2D eigenvalue weighted by Crippen LogP contribution is 2.31. The quantitative estimate of drug-likeness (QED) is 0.671. The van der Waals surface area contributed by atoms with Crippen molar-refractivity contribution in [1.29, 1.82) is 0 Å². The number of aromatic nitrogens is 1. The first-order chi connectivity index (χ1) is 10.1. The second-order valence-electron chi connectivity index (χ2n) is 8.20. The van der Waals surface area contributed by atoms with E-state index in [2.05, 4.69) is 83.8 Å². The molecule has 1 aromatic carbocycles. The van der Waals surface area contributed by atoms with E-state index in [-0.39, 0.29) is 10.8 Å². The molecule has 0 unspecified atom stereocenters. The zero-order chi connectivity index (χ0) is 16.5. The smallest absolute Gasteiger partial charge is 0.0705 e. The van der Waals surface area contributed by atoms with E-state index in [1.807, 2.05) is 6.20 Å². The van der Waals surface area contributed by atoms with Crippen molar-refractivity contribution in [2.75, 3.05) is 0 Å². The summed E-state index contributed by atoms with van der Waals surface area (Å²) in [4.78, 5) is 4.62. The van der Waals surface area contributed by atoms with E-state index in [9.17, 15) is 0 Å². The monoisotopic (exact) mass is 295 g/mol. The van der Waals surface area contributed by atoms with Gasteiger partial charge in [0.05, 0.1) is 5.69 Å². The van der Waals surface area contributed by atoms with Crippen LogP contribution >= 0.6 is 0 Å². The fourth-order valence-electron chi connectivity index (χ4n) is 2.53. The molecule has 0 bridgehead atoms. The highest BCUT2D eigenvalue weighted by atomic mass is 14.7. The Hall–Kier alpha value is -1.63. The third-order valence-corrected chi connectivity index (χ3v) is 4.19. The van der Waals surface area contributed by atoms with E-state index in [0.29, 0.717) is 0 Å². The lowest BCUT2D eigenvalue weighted by molar-refractivity contribution is 0.588. The van der Waals surface area contributed by atoms with Gasteiger partial charge < -0.3 is 0 Å². The number of rotatable bonds is 2. The largest absolute Gasteiger partial charge is 0.256 e. The summed E-state index contributed by atoms with van der Waals surface area (Å²) in [5, 5.41) is 0. The Morgan fingerprint density at radius 3 is 2.00 bits per heavy atom. The van der Waals surface area contributed by atoms with Crippen molar-refractivity contribution in [3.05, 3.63) is 53.2 Å². The highest BCUT2D eigenvalue weighted by Gasteiger charge is 2.18. The molecule has 0 aliphatic rings. The number of pyridine rings is 1. The fraction of sp³-hybridized carbons (Fsp3) is 0.476. The van der Waals surface area contributed by atoms with Crippen LogP contribution in [-0.2, 0) is 17.3 Å². The van der Waals surface area contributed by atoms with Crippen molar-refractivity contribution in [3.63, 3.8) is 0 Å². The summed E-state index contributed by atoms with van der Waals surface area (Å²) in [5.74, 6) is 0. The van der Waals surface area contributed by atoms with E-state index in [1.165, 1.54) is 22.3 Å². The summed E-state index contributed by atoms with van der Waals surface area (Å²) < 4.78 is 0. The van der Waals surface area contributed by atoms with Crippen molar-refractivity contribution >= 4 is 0 Å². The minimum Gasteiger partial charge on any atom is -0.256 e. The molecule has 2 rings (SSSR count). The molecule has 0 saturated heterocycles. The molecule has 0 saturated carbocycles. The van der Waals surface area contributed by atoms with Gasteiger partial charge in [-0.2, -0.15) is 0 Å². The van der Waals surface area contributed by atoms with Gasteiger partial charge in [-0.05, 0) is 58.2 Å². The average Bonchev–Trinajstić information content (AvgIpc) is 2.45. The van der Waals surface area contributed by atoms with Crippen molar-refractivity contribution < 1.29 is 0 Å². The molecule has 0 atom stereocenters. The van der Waals surface area contributed by atoms with Crippen LogP contribution in [0, 0.1) is 0 Å². The van der Waals surface area contributed by atoms with Gasteiger partial charge in [-0.25, -0.2) is 0 Å². The molecule has 0 radical (unpaired) electrons. The van der Waals surface area contributed by atoms with E-state index in [0.717, 1.165) is 12.1 Å². The summed E-state index contributed by atoms with van der Waals surface area (Å²) in [6, 6.07) is 11.3. The molecule has 0 spiro atoms. The Morgan fingerprint density at radius 1 is 0.818 bits per heavy atom. The molecule has 2 aromatic rings. The van der Waals surface area contributed by atoms with Crippen LogP contribution in [-0.4, -0.2) is 4.98 Å². The van der Waals surface area contributed by atoms with Crippen LogP contribution in [0.1, 0.15) is 65.2 Å². The zero-order valence-corrected chi connectivity index (χ0v) is 15.1. The lowest BCUT2D eigenvalue weighted by atomic mass is 9.83. The summed E-state index contributed by atoms with van der Waals surface area (Å²) in [6.07, 6.45) is 2.99. The van der Waals surface area contributed by atoms with Crippen LogP contribution in [0.5, 0.6) is 0 Å². The Labute approximate surface area is 135 Å². The van der Waals surface area contributed by atoms with E-state index in [4.69, 9.17) is 0 Å². The van der Waals surface area contributed by atoms with Gasteiger partial charge in [0, 0.05) is 11.8 Å². The summed E-state index contributed by atoms with van der Waals surface area (Å²) in [5.41, 5.74) is 6.70. The fourth-order valence-corrected chi connectivity index (χ4v) is 2.53. The Balaban J connectivity index is 2.57. The molecule has 118 valence electrons. The third kappa shape index (κ3) is 3.76. The van der Waals surface area contributed by atoms with Crippen molar-refractivity contribution in [2.24, 2.45) is 0 Å². The van der Waals surface area contributed by atoms with Gasteiger partial charge in [0.15, 0.2) is 0 Å². The average molecular weight is 295 g/mol. The van der Waals surface area contributed by atoms with Crippen LogP contribution in [0.25, 0.3) is 11.3 Å². The molecule has 1 heteroatoms. The second kappa shape index (κ2) is 5.87. The van der Waals surface area contributed by atoms with Gasteiger partial charge in [0.25, 0.3) is 0 Å². The van der Waals surface area contributed by atoms with Crippen molar-refractivity contribution in [1.82, 2.24) is 4.98 Å². The summed E-state index contributed by atoms with van der Waals surface area (Å²) >= 11 is 0. The maximum atomic E-state index is 4.62. The maximum Gasteiger partial charge on any atom is 0.0705 e.